The van der Waals surface area contributed by atoms with E-state index >= 15 is 0 Å². The van der Waals surface area contributed by atoms with Crippen molar-refractivity contribution >= 4 is 17.5 Å². The van der Waals surface area contributed by atoms with Crippen LogP contribution in [0.2, 0.25) is 0 Å². The summed E-state index contributed by atoms with van der Waals surface area (Å²) in [6.45, 7) is 5.82. The van der Waals surface area contributed by atoms with Crippen LogP contribution in [0.4, 0.5) is 10.1 Å². The van der Waals surface area contributed by atoms with Crippen LogP contribution < -0.4 is 4.90 Å². The van der Waals surface area contributed by atoms with Gasteiger partial charge in [0.2, 0.25) is 5.91 Å². The molecule has 0 fully saturated rings. The quantitative estimate of drug-likeness (QED) is 0.624. The molecular weight excluding hydrogens is 391 g/mol. The summed E-state index contributed by atoms with van der Waals surface area (Å²) in [5, 5.41) is 0. The standard InChI is InChI=1S/C26H33FN2O2/c1-20(2)17-25(30)29-16-9-5-3-4-8-15-28(19-22-11-6-7-14-24(22)29)26(31)21-12-10-13-23(27)18-21/h6-7,10-14,18,20H,3-5,8-9,15-17,19H2,1-2H3. The molecule has 0 aromatic heterocycles. The van der Waals surface area contributed by atoms with Crippen molar-refractivity contribution in [3.05, 3.63) is 65.5 Å². The van der Waals surface area contributed by atoms with Gasteiger partial charge in [-0.3, -0.25) is 9.59 Å². The highest BCUT2D eigenvalue weighted by molar-refractivity contribution is 5.95. The molecule has 0 saturated heterocycles. The molecule has 4 nitrogen and oxygen atoms in total. The Bertz CT molecular complexity index is 896. The van der Waals surface area contributed by atoms with E-state index in [-0.39, 0.29) is 17.7 Å². The lowest BCUT2D eigenvalue weighted by Crippen LogP contribution is -2.36. The molecule has 1 aliphatic rings. The molecule has 0 atom stereocenters. The van der Waals surface area contributed by atoms with Crippen molar-refractivity contribution in [3.8, 4) is 0 Å². The van der Waals surface area contributed by atoms with Gasteiger partial charge in [0.1, 0.15) is 5.82 Å². The molecule has 0 spiro atoms. The lowest BCUT2D eigenvalue weighted by Gasteiger charge is -2.30. The first-order chi connectivity index (χ1) is 15.0. The highest BCUT2D eigenvalue weighted by Gasteiger charge is 2.23. The second-order valence-electron chi connectivity index (χ2n) is 8.78. The van der Waals surface area contributed by atoms with Crippen molar-refractivity contribution in [2.75, 3.05) is 18.0 Å². The zero-order valence-electron chi connectivity index (χ0n) is 18.6. The van der Waals surface area contributed by atoms with Crippen LogP contribution in [-0.2, 0) is 11.3 Å². The van der Waals surface area contributed by atoms with E-state index < -0.39 is 5.82 Å². The Labute approximate surface area is 185 Å². The average Bonchev–Trinajstić information content (AvgIpc) is 2.73. The molecule has 0 radical (unpaired) electrons. The van der Waals surface area contributed by atoms with Crippen molar-refractivity contribution in [1.29, 1.82) is 0 Å². The van der Waals surface area contributed by atoms with Crippen molar-refractivity contribution in [2.45, 2.75) is 58.9 Å². The Morgan fingerprint density at radius 2 is 1.65 bits per heavy atom. The second kappa shape index (κ2) is 11.1. The minimum absolute atomic E-state index is 0.127. The van der Waals surface area contributed by atoms with Gasteiger partial charge in [-0.2, -0.15) is 0 Å². The molecule has 0 saturated carbocycles. The molecule has 2 aromatic carbocycles. The van der Waals surface area contributed by atoms with Gasteiger partial charge >= 0.3 is 0 Å². The van der Waals surface area contributed by atoms with Gasteiger partial charge in [-0.15, -0.1) is 0 Å². The first-order valence-corrected chi connectivity index (χ1v) is 11.4. The van der Waals surface area contributed by atoms with Crippen LogP contribution in [0.15, 0.2) is 48.5 Å². The molecule has 31 heavy (non-hydrogen) atoms. The predicted molar refractivity (Wildman–Crippen MR) is 122 cm³/mol. The fourth-order valence-electron chi connectivity index (χ4n) is 4.11. The first kappa shape index (κ1) is 23.0. The second-order valence-corrected chi connectivity index (χ2v) is 8.78. The van der Waals surface area contributed by atoms with Crippen LogP contribution in [0.3, 0.4) is 0 Å². The van der Waals surface area contributed by atoms with Crippen molar-refractivity contribution in [3.63, 3.8) is 0 Å². The summed E-state index contributed by atoms with van der Waals surface area (Å²) in [5.74, 6) is -0.174. The zero-order valence-corrected chi connectivity index (χ0v) is 18.6. The van der Waals surface area contributed by atoms with Crippen LogP contribution in [0.25, 0.3) is 0 Å². The first-order valence-electron chi connectivity index (χ1n) is 11.4. The SMILES string of the molecule is CC(C)CC(=O)N1CCCCCCCN(C(=O)c2cccc(F)c2)Cc2ccccc21. The molecule has 1 heterocycles. The van der Waals surface area contributed by atoms with Gasteiger partial charge in [-0.05, 0) is 48.6 Å². The third-order valence-electron chi connectivity index (χ3n) is 5.70. The number of amides is 2. The third-order valence-corrected chi connectivity index (χ3v) is 5.70. The number of anilines is 1. The minimum atomic E-state index is -0.411. The Kier molecular flexibility index (Phi) is 8.21. The topological polar surface area (TPSA) is 40.6 Å². The van der Waals surface area contributed by atoms with Gasteiger partial charge in [-0.1, -0.05) is 57.4 Å². The fraction of sp³-hybridized carbons (Fsp3) is 0.462. The lowest BCUT2D eigenvalue weighted by molar-refractivity contribution is -0.119. The van der Waals surface area contributed by atoms with Gasteiger partial charge in [-0.25, -0.2) is 4.39 Å². The molecule has 0 aliphatic carbocycles. The Balaban J connectivity index is 1.94. The van der Waals surface area contributed by atoms with E-state index in [9.17, 15) is 14.0 Å². The van der Waals surface area contributed by atoms with Crippen molar-refractivity contribution in [2.24, 2.45) is 5.92 Å². The maximum atomic E-state index is 13.7. The van der Waals surface area contributed by atoms with E-state index in [0.29, 0.717) is 31.6 Å². The van der Waals surface area contributed by atoms with Gasteiger partial charge in [0.05, 0.1) is 0 Å². The summed E-state index contributed by atoms with van der Waals surface area (Å²) in [7, 11) is 0. The molecule has 1 aliphatic heterocycles. The van der Waals surface area contributed by atoms with E-state index in [4.69, 9.17) is 0 Å². The van der Waals surface area contributed by atoms with Crippen LogP contribution >= 0.6 is 0 Å². The van der Waals surface area contributed by atoms with Crippen LogP contribution in [0.1, 0.15) is 68.3 Å². The largest absolute Gasteiger partial charge is 0.334 e. The summed E-state index contributed by atoms with van der Waals surface area (Å²) in [6.07, 6.45) is 5.57. The van der Waals surface area contributed by atoms with Crippen LogP contribution in [0, 0.1) is 11.7 Å². The average molecular weight is 425 g/mol. The number of halogens is 1. The van der Waals surface area contributed by atoms with E-state index in [1.54, 1.807) is 17.0 Å². The van der Waals surface area contributed by atoms with Crippen LogP contribution in [0.5, 0.6) is 0 Å². The monoisotopic (exact) mass is 424 g/mol. The lowest BCUT2D eigenvalue weighted by atomic mass is 10.0. The van der Waals surface area contributed by atoms with E-state index in [1.807, 2.05) is 29.2 Å². The Morgan fingerprint density at radius 1 is 0.935 bits per heavy atom. The zero-order chi connectivity index (χ0) is 22.2. The smallest absolute Gasteiger partial charge is 0.254 e. The summed E-state index contributed by atoms with van der Waals surface area (Å²) in [6, 6.07) is 13.7. The number of hydrogen-bond acceptors (Lipinski definition) is 2. The van der Waals surface area contributed by atoms with Gasteiger partial charge in [0.15, 0.2) is 0 Å². The highest BCUT2D eigenvalue weighted by Crippen LogP contribution is 2.26. The molecule has 0 bridgehead atoms. The summed E-state index contributed by atoms with van der Waals surface area (Å²) in [4.78, 5) is 30.0. The maximum Gasteiger partial charge on any atom is 0.254 e. The number of rotatable bonds is 3. The summed E-state index contributed by atoms with van der Waals surface area (Å²) in [5.41, 5.74) is 2.19. The maximum absolute atomic E-state index is 13.7. The fourth-order valence-corrected chi connectivity index (χ4v) is 4.11. The molecule has 0 N–H and O–H groups in total. The highest BCUT2D eigenvalue weighted by atomic mass is 19.1. The molecule has 3 rings (SSSR count). The molecule has 5 heteroatoms. The van der Waals surface area contributed by atoms with Crippen molar-refractivity contribution < 1.29 is 14.0 Å². The van der Waals surface area contributed by atoms with E-state index in [0.717, 1.165) is 43.4 Å². The number of hydrogen-bond donors (Lipinski definition) is 0. The molecular formula is C26H33FN2O2. The number of para-hydroxylation sites is 1. The number of fused-ring (bicyclic) bond motifs is 1. The van der Waals surface area contributed by atoms with Crippen molar-refractivity contribution in [1.82, 2.24) is 4.90 Å². The minimum Gasteiger partial charge on any atom is -0.334 e. The van der Waals surface area contributed by atoms with Gasteiger partial charge in [0.25, 0.3) is 5.91 Å². The van der Waals surface area contributed by atoms with Gasteiger partial charge in [0, 0.05) is 37.3 Å². The Hall–Kier alpha value is -2.69. The Morgan fingerprint density at radius 3 is 2.39 bits per heavy atom. The normalized spacial score (nSPS) is 15.7. The summed E-state index contributed by atoms with van der Waals surface area (Å²) >= 11 is 0. The third kappa shape index (κ3) is 6.39. The molecule has 2 amide bonds. The predicted octanol–water partition coefficient (Wildman–Crippen LogP) is 5.81. The number of benzene rings is 2. The summed E-state index contributed by atoms with van der Waals surface area (Å²) < 4.78 is 13.7. The van der Waals surface area contributed by atoms with E-state index in [2.05, 4.69) is 13.8 Å². The number of carbonyl (C=O) groups excluding carboxylic acids is 2. The molecule has 166 valence electrons. The van der Waals surface area contributed by atoms with Crippen LogP contribution in [-0.4, -0.2) is 29.8 Å². The molecule has 2 aromatic rings. The number of carbonyl (C=O) groups is 2. The number of nitrogens with zero attached hydrogens (tertiary/aromatic N) is 2. The van der Waals surface area contributed by atoms with Gasteiger partial charge < -0.3 is 9.80 Å². The molecule has 0 unspecified atom stereocenters. The van der Waals surface area contributed by atoms with E-state index in [1.165, 1.54) is 12.1 Å².